The highest BCUT2D eigenvalue weighted by Crippen LogP contribution is 2.25. The smallest absolute Gasteiger partial charge is 0.260 e. The normalized spacial score (nSPS) is 10.6. The van der Waals surface area contributed by atoms with Crippen molar-refractivity contribution in [3.05, 3.63) is 66.2 Å². The maximum Gasteiger partial charge on any atom is 0.260 e. The number of furan rings is 1. The molecule has 94 valence electrons. The molecule has 0 fully saturated rings. The molecule has 1 heterocycles. The van der Waals surface area contributed by atoms with Gasteiger partial charge in [0.2, 0.25) is 5.88 Å². The van der Waals surface area contributed by atoms with Gasteiger partial charge in [-0.25, -0.2) is 0 Å². The number of fused-ring (bicyclic) bond motifs is 1. The standard InChI is InChI=1S/C16H13NO2/c1-17(16(18)12-7-3-2-4-8-12)15-11-13-9-5-6-10-14(13)19-15/h2-11H,1H3. The minimum Gasteiger partial charge on any atom is -0.440 e. The van der Waals surface area contributed by atoms with E-state index in [1.807, 2.05) is 48.5 Å². The van der Waals surface area contributed by atoms with Crippen LogP contribution in [0.5, 0.6) is 0 Å². The zero-order valence-corrected chi connectivity index (χ0v) is 10.5. The predicted molar refractivity (Wildman–Crippen MR) is 75.4 cm³/mol. The van der Waals surface area contributed by atoms with Crippen LogP contribution in [0.3, 0.4) is 0 Å². The van der Waals surface area contributed by atoms with E-state index < -0.39 is 0 Å². The molecule has 1 amide bonds. The second-order valence-corrected chi connectivity index (χ2v) is 4.35. The highest BCUT2D eigenvalue weighted by Gasteiger charge is 2.16. The van der Waals surface area contributed by atoms with Crippen molar-refractivity contribution in [1.29, 1.82) is 0 Å². The summed E-state index contributed by atoms with van der Waals surface area (Å²) in [4.78, 5) is 13.8. The number of hydrogen-bond donors (Lipinski definition) is 0. The number of rotatable bonds is 2. The van der Waals surface area contributed by atoms with Crippen LogP contribution < -0.4 is 4.90 Å². The molecular weight excluding hydrogens is 238 g/mol. The molecule has 0 unspecified atom stereocenters. The number of carbonyl (C=O) groups is 1. The highest BCUT2D eigenvalue weighted by molar-refractivity contribution is 6.05. The van der Waals surface area contributed by atoms with Crippen LogP contribution in [-0.4, -0.2) is 13.0 Å². The quantitative estimate of drug-likeness (QED) is 0.695. The third-order valence-corrected chi connectivity index (χ3v) is 3.07. The largest absolute Gasteiger partial charge is 0.440 e. The second kappa shape index (κ2) is 4.61. The van der Waals surface area contributed by atoms with Gasteiger partial charge in [0.1, 0.15) is 5.58 Å². The van der Waals surface area contributed by atoms with Gasteiger partial charge in [-0.1, -0.05) is 36.4 Å². The Morgan fingerprint density at radius 2 is 1.68 bits per heavy atom. The summed E-state index contributed by atoms with van der Waals surface area (Å²) >= 11 is 0. The fourth-order valence-electron chi connectivity index (χ4n) is 2.01. The molecule has 1 aromatic heterocycles. The van der Waals surface area contributed by atoms with Crippen LogP contribution in [0.25, 0.3) is 11.0 Å². The molecule has 0 saturated heterocycles. The Hall–Kier alpha value is -2.55. The lowest BCUT2D eigenvalue weighted by Crippen LogP contribution is -2.25. The van der Waals surface area contributed by atoms with Gasteiger partial charge in [0.25, 0.3) is 5.91 Å². The van der Waals surface area contributed by atoms with Crippen LogP contribution >= 0.6 is 0 Å². The van der Waals surface area contributed by atoms with E-state index in [4.69, 9.17) is 4.42 Å². The summed E-state index contributed by atoms with van der Waals surface area (Å²) in [5.74, 6) is 0.467. The lowest BCUT2D eigenvalue weighted by atomic mass is 10.2. The van der Waals surface area contributed by atoms with Gasteiger partial charge in [-0.05, 0) is 18.2 Å². The van der Waals surface area contributed by atoms with E-state index in [2.05, 4.69) is 0 Å². The molecule has 0 aliphatic carbocycles. The number of para-hydroxylation sites is 1. The van der Waals surface area contributed by atoms with Crippen LogP contribution in [0.1, 0.15) is 10.4 Å². The topological polar surface area (TPSA) is 33.5 Å². The number of hydrogen-bond acceptors (Lipinski definition) is 2. The molecule has 0 saturated carbocycles. The molecule has 2 aromatic carbocycles. The predicted octanol–water partition coefficient (Wildman–Crippen LogP) is 3.71. The number of nitrogens with zero attached hydrogens (tertiary/aromatic N) is 1. The van der Waals surface area contributed by atoms with Gasteiger partial charge in [0.15, 0.2) is 0 Å². The van der Waals surface area contributed by atoms with Crippen LogP contribution in [0.2, 0.25) is 0 Å². The second-order valence-electron chi connectivity index (χ2n) is 4.35. The summed E-state index contributed by atoms with van der Waals surface area (Å²) in [6.07, 6.45) is 0. The fraction of sp³-hybridized carbons (Fsp3) is 0.0625. The third-order valence-electron chi connectivity index (χ3n) is 3.07. The van der Waals surface area contributed by atoms with Crippen molar-refractivity contribution in [2.24, 2.45) is 0 Å². The third kappa shape index (κ3) is 2.10. The van der Waals surface area contributed by atoms with E-state index in [0.29, 0.717) is 11.4 Å². The molecule has 3 heteroatoms. The average molecular weight is 251 g/mol. The molecule has 0 bridgehead atoms. The van der Waals surface area contributed by atoms with Gasteiger partial charge < -0.3 is 4.42 Å². The first-order valence-corrected chi connectivity index (χ1v) is 6.07. The van der Waals surface area contributed by atoms with Gasteiger partial charge in [-0.2, -0.15) is 0 Å². The van der Waals surface area contributed by atoms with E-state index >= 15 is 0 Å². The average Bonchev–Trinajstić information content (AvgIpc) is 2.90. The molecule has 0 aliphatic rings. The van der Waals surface area contributed by atoms with Crippen LogP contribution in [0, 0.1) is 0 Å². The Morgan fingerprint density at radius 3 is 2.42 bits per heavy atom. The minimum absolute atomic E-state index is 0.0837. The van der Waals surface area contributed by atoms with Crippen molar-refractivity contribution in [1.82, 2.24) is 0 Å². The Kier molecular flexibility index (Phi) is 2.80. The number of carbonyl (C=O) groups excluding carboxylic acids is 1. The van der Waals surface area contributed by atoms with Crippen molar-refractivity contribution in [2.45, 2.75) is 0 Å². The molecule has 3 nitrogen and oxygen atoms in total. The van der Waals surface area contributed by atoms with Crippen LogP contribution in [0.4, 0.5) is 5.88 Å². The summed E-state index contributed by atoms with van der Waals surface area (Å²) in [5, 5.41) is 0.991. The molecule has 0 N–H and O–H groups in total. The Morgan fingerprint density at radius 1 is 1.00 bits per heavy atom. The van der Waals surface area contributed by atoms with Gasteiger partial charge in [0, 0.05) is 24.1 Å². The first-order chi connectivity index (χ1) is 9.25. The molecule has 0 aliphatic heterocycles. The maximum absolute atomic E-state index is 12.3. The van der Waals surface area contributed by atoms with Crippen molar-refractivity contribution in [3.63, 3.8) is 0 Å². The first kappa shape index (κ1) is 11.5. The summed E-state index contributed by atoms with van der Waals surface area (Å²) in [7, 11) is 1.72. The van der Waals surface area contributed by atoms with Gasteiger partial charge in [-0.3, -0.25) is 9.69 Å². The highest BCUT2D eigenvalue weighted by atomic mass is 16.4. The zero-order valence-electron chi connectivity index (χ0n) is 10.5. The van der Waals surface area contributed by atoms with Crippen LogP contribution in [-0.2, 0) is 0 Å². The number of anilines is 1. The summed E-state index contributed by atoms with van der Waals surface area (Å²) in [5.41, 5.74) is 1.43. The fourth-order valence-corrected chi connectivity index (χ4v) is 2.01. The SMILES string of the molecule is CN(C(=O)c1ccccc1)c1cc2ccccc2o1. The van der Waals surface area contributed by atoms with Crippen LogP contribution in [0.15, 0.2) is 65.1 Å². The number of amides is 1. The van der Waals surface area contributed by atoms with E-state index in [1.54, 1.807) is 19.2 Å². The van der Waals surface area contributed by atoms with Crippen molar-refractivity contribution in [3.8, 4) is 0 Å². The molecule has 0 radical (unpaired) electrons. The van der Waals surface area contributed by atoms with E-state index in [-0.39, 0.29) is 5.91 Å². The monoisotopic (exact) mass is 251 g/mol. The molecule has 19 heavy (non-hydrogen) atoms. The number of benzene rings is 2. The minimum atomic E-state index is -0.0837. The molecule has 3 aromatic rings. The van der Waals surface area contributed by atoms with Gasteiger partial charge in [-0.15, -0.1) is 0 Å². The lowest BCUT2D eigenvalue weighted by molar-refractivity contribution is 0.0989. The molecule has 3 rings (SSSR count). The van der Waals surface area contributed by atoms with Gasteiger partial charge >= 0.3 is 0 Å². The summed E-state index contributed by atoms with van der Waals surface area (Å²) in [6, 6.07) is 18.7. The van der Waals surface area contributed by atoms with Crippen molar-refractivity contribution >= 4 is 22.8 Å². The van der Waals surface area contributed by atoms with E-state index in [9.17, 15) is 4.79 Å². The van der Waals surface area contributed by atoms with E-state index in [1.165, 1.54) is 4.90 Å². The lowest BCUT2D eigenvalue weighted by Gasteiger charge is -2.13. The van der Waals surface area contributed by atoms with Crippen molar-refractivity contribution in [2.75, 3.05) is 11.9 Å². The van der Waals surface area contributed by atoms with Crippen molar-refractivity contribution < 1.29 is 9.21 Å². The summed E-state index contributed by atoms with van der Waals surface area (Å²) in [6.45, 7) is 0. The first-order valence-electron chi connectivity index (χ1n) is 6.07. The van der Waals surface area contributed by atoms with Gasteiger partial charge in [0.05, 0.1) is 0 Å². The summed E-state index contributed by atoms with van der Waals surface area (Å²) < 4.78 is 5.68. The zero-order chi connectivity index (χ0) is 13.2. The Balaban J connectivity index is 1.95. The molecule has 0 atom stereocenters. The molecular formula is C16H13NO2. The maximum atomic E-state index is 12.3. The Bertz CT molecular complexity index is 683. The molecule has 0 spiro atoms. The van der Waals surface area contributed by atoms with E-state index in [0.717, 1.165) is 11.0 Å². The Labute approximate surface area is 111 Å².